The first-order chi connectivity index (χ1) is 13.6. The van der Waals surface area contributed by atoms with Gasteiger partial charge in [-0.3, -0.25) is 0 Å². The lowest BCUT2D eigenvalue weighted by atomic mass is 9.95. The normalized spacial score (nSPS) is 11.9. The Labute approximate surface area is 170 Å². The van der Waals surface area contributed by atoms with Crippen molar-refractivity contribution in [2.24, 2.45) is 5.73 Å². The maximum absolute atomic E-state index is 13.3. The van der Waals surface area contributed by atoms with Gasteiger partial charge in [-0.1, -0.05) is 17.7 Å². The third-order valence-electron chi connectivity index (χ3n) is 4.94. The largest absolute Gasteiger partial charge is 0.478 e. The van der Waals surface area contributed by atoms with Crippen LogP contribution in [-0.2, 0) is 12.6 Å². The van der Waals surface area contributed by atoms with Gasteiger partial charge in [-0.15, -0.1) is 0 Å². The number of aromatic carboxylic acids is 1. The van der Waals surface area contributed by atoms with Gasteiger partial charge in [0.1, 0.15) is 0 Å². The fourth-order valence-electron chi connectivity index (χ4n) is 3.50. The van der Waals surface area contributed by atoms with Crippen LogP contribution in [0.4, 0.5) is 13.2 Å². The SMILES string of the molecule is Cc1ccc(C(=O)O)c2c(CCCCN)c(-c3cc(C(F)(F)F)ccc3Cl)[nH]c12. The Morgan fingerprint density at radius 1 is 1.21 bits per heavy atom. The van der Waals surface area contributed by atoms with E-state index in [2.05, 4.69) is 4.98 Å². The highest BCUT2D eigenvalue weighted by Gasteiger charge is 2.32. The summed E-state index contributed by atoms with van der Waals surface area (Å²) in [6, 6.07) is 6.31. The minimum Gasteiger partial charge on any atom is -0.478 e. The van der Waals surface area contributed by atoms with Crippen molar-refractivity contribution in [3.8, 4) is 11.3 Å². The number of rotatable bonds is 6. The highest BCUT2D eigenvalue weighted by atomic mass is 35.5. The Morgan fingerprint density at radius 3 is 2.55 bits per heavy atom. The van der Waals surface area contributed by atoms with E-state index >= 15 is 0 Å². The molecule has 0 aliphatic rings. The second kappa shape index (κ2) is 8.08. The summed E-state index contributed by atoms with van der Waals surface area (Å²) in [6.45, 7) is 2.28. The molecule has 29 heavy (non-hydrogen) atoms. The molecule has 0 bridgehead atoms. The number of H-pyrrole nitrogens is 1. The molecule has 0 fully saturated rings. The van der Waals surface area contributed by atoms with Gasteiger partial charge < -0.3 is 15.8 Å². The van der Waals surface area contributed by atoms with Crippen molar-refractivity contribution in [3.05, 3.63) is 57.6 Å². The molecule has 0 unspecified atom stereocenters. The summed E-state index contributed by atoms with van der Waals surface area (Å²) >= 11 is 6.26. The summed E-state index contributed by atoms with van der Waals surface area (Å²) in [6.07, 6.45) is -2.69. The number of aryl methyl sites for hydroxylation is 2. The number of unbranched alkanes of at least 4 members (excludes halogenated alkanes) is 1. The molecule has 2 aromatic carbocycles. The van der Waals surface area contributed by atoms with Gasteiger partial charge in [-0.05, 0) is 68.1 Å². The number of nitrogens with two attached hydrogens (primary N) is 1. The Bertz CT molecular complexity index is 1070. The van der Waals surface area contributed by atoms with E-state index in [0.29, 0.717) is 48.0 Å². The molecular weight excluding hydrogens is 405 g/mol. The molecule has 1 heterocycles. The monoisotopic (exact) mass is 424 g/mol. The number of aromatic amines is 1. The van der Waals surface area contributed by atoms with E-state index in [4.69, 9.17) is 17.3 Å². The van der Waals surface area contributed by atoms with Crippen LogP contribution in [-0.4, -0.2) is 22.6 Å². The molecule has 0 atom stereocenters. The first kappa shape index (κ1) is 21.2. The fourth-order valence-corrected chi connectivity index (χ4v) is 3.72. The van der Waals surface area contributed by atoms with Gasteiger partial charge in [-0.25, -0.2) is 4.79 Å². The highest BCUT2D eigenvalue weighted by molar-refractivity contribution is 6.33. The van der Waals surface area contributed by atoms with Crippen LogP contribution < -0.4 is 5.73 Å². The first-order valence-corrected chi connectivity index (χ1v) is 9.47. The maximum atomic E-state index is 13.3. The van der Waals surface area contributed by atoms with Gasteiger partial charge in [0.25, 0.3) is 0 Å². The Kier molecular flexibility index (Phi) is 5.91. The van der Waals surface area contributed by atoms with Crippen molar-refractivity contribution >= 4 is 28.5 Å². The summed E-state index contributed by atoms with van der Waals surface area (Å²) in [7, 11) is 0. The molecule has 4 nitrogen and oxygen atoms in total. The topological polar surface area (TPSA) is 79.1 Å². The van der Waals surface area contributed by atoms with Gasteiger partial charge in [-0.2, -0.15) is 13.2 Å². The number of carboxylic acids is 1. The molecule has 0 saturated carbocycles. The number of carboxylic acid groups (broad SMARTS) is 1. The lowest BCUT2D eigenvalue weighted by molar-refractivity contribution is -0.137. The van der Waals surface area contributed by atoms with Gasteiger partial charge in [0.05, 0.1) is 16.8 Å². The van der Waals surface area contributed by atoms with Crippen molar-refractivity contribution < 1.29 is 23.1 Å². The van der Waals surface area contributed by atoms with E-state index < -0.39 is 17.7 Å². The lowest BCUT2D eigenvalue weighted by Crippen LogP contribution is -2.05. The fraction of sp³-hybridized carbons (Fsp3) is 0.286. The first-order valence-electron chi connectivity index (χ1n) is 9.09. The number of aromatic nitrogens is 1. The van der Waals surface area contributed by atoms with Gasteiger partial charge >= 0.3 is 12.1 Å². The maximum Gasteiger partial charge on any atom is 0.416 e. The Morgan fingerprint density at radius 2 is 1.93 bits per heavy atom. The van der Waals surface area contributed by atoms with Crippen LogP contribution in [0.1, 0.15) is 39.9 Å². The van der Waals surface area contributed by atoms with E-state index in [1.165, 1.54) is 12.1 Å². The molecule has 3 rings (SSSR count). The number of alkyl halides is 3. The van der Waals surface area contributed by atoms with Crippen LogP contribution >= 0.6 is 11.6 Å². The Balaban J connectivity index is 2.33. The minimum atomic E-state index is -4.52. The van der Waals surface area contributed by atoms with E-state index in [-0.39, 0.29) is 16.1 Å². The minimum absolute atomic E-state index is 0.0962. The average molecular weight is 425 g/mol. The van der Waals surface area contributed by atoms with E-state index in [0.717, 1.165) is 17.7 Å². The lowest BCUT2D eigenvalue weighted by Gasteiger charge is -2.12. The molecule has 154 valence electrons. The molecule has 0 amide bonds. The summed E-state index contributed by atoms with van der Waals surface area (Å²) < 4.78 is 39.8. The summed E-state index contributed by atoms with van der Waals surface area (Å²) in [5.74, 6) is -1.10. The molecular formula is C21H20ClF3N2O2. The highest BCUT2D eigenvalue weighted by Crippen LogP contribution is 2.40. The zero-order valence-electron chi connectivity index (χ0n) is 15.7. The third-order valence-corrected chi connectivity index (χ3v) is 5.27. The van der Waals surface area contributed by atoms with Crippen molar-refractivity contribution in [1.29, 1.82) is 0 Å². The number of carbonyl (C=O) groups is 1. The van der Waals surface area contributed by atoms with E-state index in [9.17, 15) is 23.1 Å². The zero-order chi connectivity index (χ0) is 21.3. The van der Waals surface area contributed by atoms with Gasteiger partial charge in [0, 0.05) is 21.5 Å². The Hall–Kier alpha value is -2.51. The van der Waals surface area contributed by atoms with Gasteiger partial charge in [0.2, 0.25) is 0 Å². The number of hydrogen-bond acceptors (Lipinski definition) is 2. The number of hydrogen-bond donors (Lipinski definition) is 3. The number of fused-ring (bicyclic) bond motifs is 1. The molecule has 1 aromatic heterocycles. The molecule has 4 N–H and O–H groups in total. The predicted octanol–water partition coefficient (Wildman–Crippen LogP) is 5.80. The van der Waals surface area contributed by atoms with Crippen molar-refractivity contribution in [2.75, 3.05) is 6.54 Å². The molecule has 0 aliphatic carbocycles. The zero-order valence-corrected chi connectivity index (χ0v) is 16.4. The standard InChI is InChI=1S/C21H20ClF3N2O2/c1-11-5-7-14(20(28)29)17-13(4-2-3-9-26)19(27-18(11)17)15-10-12(21(23,24)25)6-8-16(15)22/h5-8,10,27H,2-4,9,26H2,1H3,(H,28,29). The molecule has 0 aliphatic heterocycles. The van der Waals surface area contributed by atoms with Crippen LogP contribution in [0.25, 0.3) is 22.2 Å². The smallest absolute Gasteiger partial charge is 0.416 e. The van der Waals surface area contributed by atoms with E-state index in [1.807, 2.05) is 6.92 Å². The number of halogens is 4. The predicted molar refractivity (Wildman–Crippen MR) is 107 cm³/mol. The van der Waals surface area contributed by atoms with Crippen molar-refractivity contribution in [2.45, 2.75) is 32.4 Å². The van der Waals surface area contributed by atoms with Crippen molar-refractivity contribution in [1.82, 2.24) is 4.98 Å². The molecule has 8 heteroatoms. The average Bonchev–Trinajstić information content (AvgIpc) is 3.01. The molecule has 3 aromatic rings. The van der Waals surface area contributed by atoms with E-state index in [1.54, 1.807) is 6.07 Å². The molecule has 0 saturated heterocycles. The number of benzene rings is 2. The second-order valence-electron chi connectivity index (χ2n) is 6.90. The quantitative estimate of drug-likeness (QED) is 0.438. The van der Waals surface area contributed by atoms with Crippen LogP contribution in [0.2, 0.25) is 5.02 Å². The van der Waals surface area contributed by atoms with Crippen LogP contribution in [0.3, 0.4) is 0 Å². The van der Waals surface area contributed by atoms with Crippen LogP contribution in [0.5, 0.6) is 0 Å². The molecule has 0 spiro atoms. The van der Waals surface area contributed by atoms with Crippen LogP contribution in [0.15, 0.2) is 30.3 Å². The second-order valence-corrected chi connectivity index (χ2v) is 7.31. The van der Waals surface area contributed by atoms with Gasteiger partial charge in [0.15, 0.2) is 0 Å². The third kappa shape index (κ3) is 4.11. The molecule has 0 radical (unpaired) electrons. The number of nitrogens with one attached hydrogen (secondary N) is 1. The summed E-state index contributed by atoms with van der Waals surface area (Å²) in [4.78, 5) is 14.9. The van der Waals surface area contributed by atoms with Crippen LogP contribution in [0, 0.1) is 6.92 Å². The summed E-state index contributed by atoms with van der Waals surface area (Å²) in [5.41, 5.74) is 7.46. The summed E-state index contributed by atoms with van der Waals surface area (Å²) in [5, 5.41) is 10.3. The van der Waals surface area contributed by atoms with Crippen molar-refractivity contribution in [3.63, 3.8) is 0 Å².